The van der Waals surface area contributed by atoms with Gasteiger partial charge < -0.3 is 4.74 Å². The summed E-state index contributed by atoms with van der Waals surface area (Å²) in [6.07, 6.45) is 5.40. The molecule has 1 aliphatic heterocycles. The van der Waals surface area contributed by atoms with Crippen LogP contribution in [0.15, 0.2) is 0 Å². The summed E-state index contributed by atoms with van der Waals surface area (Å²) in [4.78, 5) is 35.3. The number of unbranched alkanes of at least 4 members (excludes halogenated alkanes) is 3. The van der Waals surface area contributed by atoms with E-state index < -0.39 is 0 Å². The molecule has 0 atom stereocenters. The molecule has 2 amide bonds. The molecule has 108 valence electrons. The first-order valence-electron chi connectivity index (χ1n) is 7.14. The van der Waals surface area contributed by atoms with Crippen molar-refractivity contribution in [3.8, 4) is 0 Å². The van der Waals surface area contributed by atoms with E-state index >= 15 is 0 Å². The fourth-order valence-electron chi connectivity index (χ4n) is 1.99. The lowest BCUT2D eigenvalue weighted by atomic mass is 10.2. The Labute approximate surface area is 114 Å². The average molecular weight is 269 g/mol. The molecule has 0 N–H and O–H groups in total. The molecule has 1 aliphatic rings. The fraction of sp³-hybridized carbons (Fsp3) is 0.786. The summed E-state index contributed by atoms with van der Waals surface area (Å²) in [5.41, 5.74) is 0. The van der Waals surface area contributed by atoms with Gasteiger partial charge in [-0.25, -0.2) is 0 Å². The van der Waals surface area contributed by atoms with E-state index in [1.165, 1.54) is 4.90 Å². The van der Waals surface area contributed by atoms with Gasteiger partial charge in [0, 0.05) is 25.8 Å². The standard InChI is InChI=1S/C14H23NO4/c1-2-3-11-19-14(18)7-5-4-6-10-15-12(16)8-9-13(15)17/h2-11H2,1H3. The number of amides is 2. The lowest BCUT2D eigenvalue weighted by Gasteiger charge is -2.12. The van der Waals surface area contributed by atoms with Gasteiger partial charge in [0.15, 0.2) is 0 Å². The lowest BCUT2D eigenvalue weighted by Crippen LogP contribution is -2.29. The Bertz CT molecular complexity index is 311. The zero-order valence-electron chi connectivity index (χ0n) is 11.7. The summed E-state index contributed by atoms with van der Waals surface area (Å²) >= 11 is 0. The normalized spacial score (nSPS) is 15.1. The molecule has 19 heavy (non-hydrogen) atoms. The number of likely N-dealkylation sites (tertiary alicyclic amines) is 1. The van der Waals surface area contributed by atoms with Crippen molar-refractivity contribution in [2.75, 3.05) is 13.2 Å². The summed E-state index contributed by atoms with van der Waals surface area (Å²) in [6.45, 7) is 3.05. The Morgan fingerprint density at radius 1 is 1.11 bits per heavy atom. The molecule has 0 aliphatic carbocycles. The maximum atomic E-state index is 11.3. The van der Waals surface area contributed by atoms with Gasteiger partial charge in [-0.15, -0.1) is 0 Å². The third kappa shape index (κ3) is 5.85. The van der Waals surface area contributed by atoms with E-state index in [1.807, 2.05) is 0 Å². The number of nitrogens with zero attached hydrogens (tertiary/aromatic N) is 1. The van der Waals surface area contributed by atoms with Gasteiger partial charge in [0.05, 0.1) is 6.61 Å². The highest BCUT2D eigenvalue weighted by Crippen LogP contribution is 2.13. The van der Waals surface area contributed by atoms with Gasteiger partial charge in [-0.3, -0.25) is 19.3 Å². The maximum Gasteiger partial charge on any atom is 0.305 e. The molecular weight excluding hydrogens is 246 g/mol. The Morgan fingerprint density at radius 3 is 2.42 bits per heavy atom. The van der Waals surface area contributed by atoms with Gasteiger partial charge in [0.25, 0.3) is 0 Å². The highest BCUT2D eigenvalue weighted by Gasteiger charge is 2.27. The molecular formula is C14H23NO4. The van der Waals surface area contributed by atoms with Crippen LogP contribution in [-0.4, -0.2) is 35.8 Å². The van der Waals surface area contributed by atoms with Crippen LogP contribution >= 0.6 is 0 Å². The van der Waals surface area contributed by atoms with Crippen LogP contribution in [0, 0.1) is 0 Å². The molecule has 0 aromatic rings. The number of rotatable bonds is 9. The van der Waals surface area contributed by atoms with Crippen molar-refractivity contribution in [3.63, 3.8) is 0 Å². The summed E-state index contributed by atoms with van der Waals surface area (Å²) < 4.78 is 5.04. The van der Waals surface area contributed by atoms with Crippen molar-refractivity contribution >= 4 is 17.8 Å². The second kappa shape index (κ2) is 8.67. The van der Waals surface area contributed by atoms with Gasteiger partial charge in [0.2, 0.25) is 11.8 Å². The fourth-order valence-corrected chi connectivity index (χ4v) is 1.99. The van der Waals surface area contributed by atoms with Gasteiger partial charge in [-0.05, 0) is 19.3 Å². The van der Waals surface area contributed by atoms with E-state index in [4.69, 9.17) is 4.74 Å². The van der Waals surface area contributed by atoms with E-state index in [2.05, 4.69) is 6.92 Å². The van der Waals surface area contributed by atoms with Crippen molar-refractivity contribution < 1.29 is 19.1 Å². The van der Waals surface area contributed by atoms with E-state index in [1.54, 1.807) is 0 Å². The summed E-state index contributed by atoms with van der Waals surface area (Å²) in [7, 11) is 0. The third-order valence-corrected chi connectivity index (χ3v) is 3.18. The van der Waals surface area contributed by atoms with Crippen LogP contribution in [0.1, 0.15) is 58.3 Å². The Morgan fingerprint density at radius 2 is 1.79 bits per heavy atom. The summed E-state index contributed by atoms with van der Waals surface area (Å²) in [5, 5.41) is 0. The number of hydrogen-bond donors (Lipinski definition) is 0. The van der Waals surface area contributed by atoms with E-state index in [-0.39, 0.29) is 17.8 Å². The molecule has 0 aromatic carbocycles. The molecule has 0 saturated carbocycles. The molecule has 1 rings (SSSR count). The quantitative estimate of drug-likeness (QED) is 0.365. The second-order valence-corrected chi connectivity index (χ2v) is 4.82. The van der Waals surface area contributed by atoms with E-state index in [9.17, 15) is 14.4 Å². The SMILES string of the molecule is CCCCOC(=O)CCCCCN1C(=O)CCC1=O. The molecule has 1 saturated heterocycles. The Hall–Kier alpha value is -1.39. The van der Waals surface area contributed by atoms with E-state index in [0.717, 1.165) is 32.1 Å². The largest absolute Gasteiger partial charge is 0.466 e. The topological polar surface area (TPSA) is 63.7 Å². The van der Waals surface area contributed by atoms with Crippen LogP contribution in [0.4, 0.5) is 0 Å². The van der Waals surface area contributed by atoms with Gasteiger partial charge >= 0.3 is 5.97 Å². The minimum atomic E-state index is -0.151. The Kier molecular flexibility index (Phi) is 7.15. The van der Waals surface area contributed by atoms with Crippen LogP contribution in [0.25, 0.3) is 0 Å². The first kappa shape index (κ1) is 15.7. The number of hydrogen-bond acceptors (Lipinski definition) is 4. The molecule has 5 nitrogen and oxygen atoms in total. The number of carbonyl (C=O) groups is 3. The van der Waals surface area contributed by atoms with Gasteiger partial charge in [-0.1, -0.05) is 19.8 Å². The van der Waals surface area contributed by atoms with Crippen LogP contribution in [0.2, 0.25) is 0 Å². The van der Waals surface area contributed by atoms with Crippen LogP contribution in [0.3, 0.4) is 0 Å². The number of ether oxygens (including phenoxy) is 1. The van der Waals surface area contributed by atoms with E-state index in [0.29, 0.717) is 32.4 Å². The highest BCUT2D eigenvalue weighted by molar-refractivity contribution is 6.01. The van der Waals surface area contributed by atoms with Crippen molar-refractivity contribution in [2.45, 2.75) is 58.3 Å². The van der Waals surface area contributed by atoms with Crippen LogP contribution in [0.5, 0.6) is 0 Å². The third-order valence-electron chi connectivity index (χ3n) is 3.18. The van der Waals surface area contributed by atoms with Crippen LogP contribution < -0.4 is 0 Å². The molecule has 0 bridgehead atoms. The first-order chi connectivity index (χ1) is 9.15. The Balaban J connectivity index is 2.00. The molecule has 0 radical (unpaired) electrons. The number of imide groups is 1. The maximum absolute atomic E-state index is 11.3. The van der Waals surface area contributed by atoms with Crippen molar-refractivity contribution in [1.82, 2.24) is 4.90 Å². The van der Waals surface area contributed by atoms with Crippen LogP contribution in [-0.2, 0) is 19.1 Å². The molecule has 1 fully saturated rings. The molecule has 0 aromatic heterocycles. The zero-order valence-corrected chi connectivity index (χ0v) is 11.7. The second-order valence-electron chi connectivity index (χ2n) is 4.82. The smallest absolute Gasteiger partial charge is 0.305 e. The minimum Gasteiger partial charge on any atom is -0.466 e. The molecule has 5 heteroatoms. The summed E-state index contributed by atoms with van der Waals surface area (Å²) in [6, 6.07) is 0. The van der Waals surface area contributed by atoms with Gasteiger partial charge in [0.1, 0.15) is 0 Å². The minimum absolute atomic E-state index is 0.0658. The molecule has 0 spiro atoms. The summed E-state index contributed by atoms with van der Waals surface area (Å²) in [5.74, 6) is -0.283. The predicted molar refractivity (Wildman–Crippen MR) is 70.3 cm³/mol. The monoisotopic (exact) mass is 269 g/mol. The first-order valence-corrected chi connectivity index (χ1v) is 7.14. The highest BCUT2D eigenvalue weighted by atomic mass is 16.5. The average Bonchev–Trinajstić information content (AvgIpc) is 2.70. The molecule has 1 heterocycles. The number of esters is 1. The van der Waals surface area contributed by atoms with Crippen molar-refractivity contribution in [2.24, 2.45) is 0 Å². The van der Waals surface area contributed by atoms with Crippen molar-refractivity contribution in [1.29, 1.82) is 0 Å². The predicted octanol–water partition coefficient (Wildman–Crippen LogP) is 2.04. The lowest BCUT2D eigenvalue weighted by molar-refractivity contribution is -0.144. The van der Waals surface area contributed by atoms with Crippen molar-refractivity contribution in [3.05, 3.63) is 0 Å². The van der Waals surface area contributed by atoms with Gasteiger partial charge in [-0.2, -0.15) is 0 Å². The zero-order chi connectivity index (χ0) is 14.1. The molecule has 0 unspecified atom stereocenters. The number of carbonyl (C=O) groups excluding carboxylic acids is 3.